The standard InChI is InChI=1S/C21H20FN3O/c22-13-5-6-14-24-19-10-4-2-8-17(19)23-20(24)15-25-18-9-3-1-7-16(18)11-12-21(25)26/h1-4,7-12H,5-6,13-15H2. The van der Waals surface area contributed by atoms with E-state index in [1.54, 1.807) is 10.6 Å². The van der Waals surface area contributed by atoms with Gasteiger partial charge in [0, 0.05) is 12.6 Å². The highest BCUT2D eigenvalue weighted by Gasteiger charge is 2.12. The maximum atomic E-state index is 12.5. The van der Waals surface area contributed by atoms with Crippen LogP contribution in [0.5, 0.6) is 0 Å². The molecule has 0 radical (unpaired) electrons. The summed E-state index contributed by atoms with van der Waals surface area (Å²) in [4.78, 5) is 17.2. The fourth-order valence-corrected chi connectivity index (χ4v) is 3.41. The van der Waals surface area contributed by atoms with Crippen molar-refractivity contribution in [3.8, 4) is 0 Å². The highest BCUT2D eigenvalue weighted by Crippen LogP contribution is 2.19. The highest BCUT2D eigenvalue weighted by molar-refractivity contribution is 5.79. The summed E-state index contributed by atoms with van der Waals surface area (Å²) in [5.41, 5.74) is 2.76. The van der Waals surface area contributed by atoms with E-state index in [9.17, 15) is 9.18 Å². The Morgan fingerprint density at radius 2 is 1.62 bits per heavy atom. The summed E-state index contributed by atoms with van der Waals surface area (Å²) in [6, 6.07) is 19.2. The third-order valence-electron chi connectivity index (χ3n) is 4.70. The van der Waals surface area contributed by atoms with Crippen molar-refractivity contribution in [2.75, 3.05) is 6.67 Å². The molecule has 0 spiro atoms. The number of fused-ring (bicyclic) bond motifs is 2. The summed E-state index contributed by atoms with van der Waals surface area (Å²) in [6.45, 7) is 0.772. The largest absolute Gasteiger partial charge is 0.326 e. The number of pyridine rings is 1. The molecule has 26 heavy (non-hydrogen) atoms. The molecule has 2 aromatic heterocycles. The molecule has 0 aliphatic heterocycles. The number of imidazole rings is 1. The lowest BCUT2D eigenvalue weighted by Gasteiger charge is -2.12. The first-order valence-corrected chi connectivity index (χ1v) is 8.86. The maximum absolute atomic E-state index is 12.5. The maximum Gasteiger partial charge on any atom is 0.251 e. The van der Waals surface area contributed by atoms with Crippen molar-refractivity contribution in [2.45, 2.75) is 25.9 Å². The van der Waals surface area contributed by atoms with Crippen LogP contribution in [-0.2, 0) is 13.1 Å². The van der Waals surface area contributed by atoms with Crippen LogP contribution in [0.25, 0.3) is 21.9 Å². The third kappa shape index (κ3) is 3.01. The molecule has 0 bridgehead atoms. The van der Waals surface area contributed by atoms with E-state index in [0.29, 0.717) is 19.5 Å². The highest BCUT2D eigenvalue weighted by atomic mass is 19.1. The Morgan fingerprint density at radius 1 is 0.846 bits per heavy atom. The summed E-state index contributed by atoms with van der Waals surface area (Å²) in [5.74, 6) is 0.823. The van der Waals surface area contributed by atoms with Crippen molar-refractivity contribution in [3.05, 3.63) is 76.8 Å². The first-order valence-electron chi connectivity index (χ1n) is 8.86. The van der Waals surface area contributed by atoms with Crippen molar-refractivity contribution in [2.24, 2.45) is 0 Å². The summed E-state index contributed by atoms with van der Waals surface area (Å²) < 4.78 is 16.4. The number of alkyl halides is 1. The molecule has 0 saturated carbocycles. The van der Waals surface area contributed by atoms with E-state index in [2.05, 4.69) is 4.57 Å². The molecular weight excluding hydrogens is 329 g/mol. The number of unbranched alkanes of at least 4 members (excludes halogenated alkanes) is 1. The Kier molecular flexibility index (Phi) is 4.52. The second-order valence-electron chi connectivity index (χ2n) is 6.38. The van der Waals surface area contributed by atoms with Crippen LogP contribution in [-0.4, -0.2) is 20.8 Å². The molecule has 0 saturated heterocycles. The predicted molar refractivity (Wildman–Crippen MR) is 102 cm³/mol. The van der Waals surface area contributed by atoms with Crippen LogP contribution in [0.3, 0.4) is 0 Å². The molecule has 0 atom stereocenters. The number of aryl methyl sites for hydroxylation is 1. The van der Waals surface area contributed by atoms with E-state index < -0.39 is 0 Å². The molecule has 0 aliphatic rings. The zero-order valence-corrected chi connectivity index (χ0v) is 14.4. The summed E-state index contributed by atoms with van der Waals surface area (Å²) in [7, 11) is 0. The molecule has 5 heteroatoms. The second-order valence-corrected chi connectivity index (χ2v) is 6.38. The van der Waals surface area contributed by atoms with Gasteiger partial charge in [0.2, 0.25) is 0 Å². The Balaban J connectivity index is 1.81. The van der Waals surface area contributed by atoms with Crippen molar-refractivity contribution in [1.29, 1.82) is 0 Å². The van der Waals surface area contributed by atoms with Gasteiger partial charge in [-0.2, -0.15) is 0 Å². The van der Waals surface area contributed by atoms with Crippen LogP contribution in [0.4, 0.5) is 4.39 Å². The van der Waals surface area contributed by atoms with Crippen molar-refractivity contribution < 1.29 is 4.39 Å². The van der Waals surface area contributed by atoms with Crippen LogP contribution in [0.1, 0.15) is 18.7 Å². The Hall–Kier alpha value is -2.95. The Labute approximate surface area is 150 Å². The minimum absolute atomic E-state index is 0.0499. The number of hydrogen-bond donors (Lipinski definition) is 0. The smallest absolute Gasteiger partial charge is 0.251 e. The molecule has 0 unspecified atom stereocenters. The van der Waals surface area contributed by atoms with Gasteiger partial charge in [0.25, 0.3) is 5.56 Å². The van der Waals surface area contributed by atoms with Gasteiger partial charge in [0.15, 0.2) is 0 Å². The predicted octanol–water partition coefficient (Wildman–Crippen LogP) is 4.15. The van der Waals surface area contributed by atoms with Gasteiger partial charge in [-0.3, -0.25) is 9.18 Å². The van der Waals surface area contributed by atoms with E-state index in [0.717, 1.165) is 34.2 Å². The van der Waals surface area contributed by atoms with E-state index in [-0.39, 0.29) is 12.2 Å². The van der Waals surface area contributed by atoms with E-state index in [1.165, 1.54) is 0 Å². The van der Waals surface area contributed by atoms with Gasteiger partial charge in [-0.15, -0.1) is 0 Å². The molecule has 0 fully saturated rings. The normalized spacial score (nSPS) is 11.4. The zero-order valence-electron chi connectivity index (χ0n) is 14.4. The Morgan fingerprint density at radius 3 is 2.46 bits per heavy atom. The third-order valence-corrected chi connectivity index (χ3v) is 4.70. The number of halogens is 1. The first-order chi connectivity index (χ1) is 12.8. The fraction of sp³-hybridized carbons (Fsp3) is 0.238. The van der Waals surface area contributed by atoms with Gasteiger partial charge in [-0.1, -0.05) is 30.3 Å². The summed E-state index contributed by atoms with van der Waals surface area (Å²) in [5, 5.41) is 1.02. The topological polar surface area (TPSA) is 39.8 Å². The lowest BCUT2D eigenvalue weighted by molar-refractivity contribution is 0.446. The molecule has 4 rings (SSSR count). The summed E-state index contributed by atoms with van der Waals surface area (Å²) >= 11 is 0. The lowest BCUT2D eigenvalue weighted by Crippen LogP contribution is -2.22. The summed E-state index contributed by atoms with van der Waals surface area (Å²) in [6.07, 6.45) is 1.27. The van der Waals surface area contributed by atoms with Crippen molar-refractivity contribution in [3.63, 3.8) is 0 Å². The quantitative estimate of drug-likeness (QED) is 0.491. The zero-order chi connectivity index (χ0) is 17.9. The van der Waals surface area contributed by atoms with Gasteiger partial charge in [-0.05, 0) is 42.5 Å². The van der Waals surface area contributed by atoms with Crippen LogP contribution < -0.4 is 5.56 Å². The molecule has 132 valence electrons. The molecule has 4 nitrogen and oxygen atoms in total. The molecule has 0 N–H and O–H groups in total. The Bertz CT molecular complexity index is 1110. The van der Waals surface area contributed by atoms with Crippen LogP contribution in [0.15, 0.2) is 65.5 Å². The molecular formula is C21H20FN3O. The number of nitrogens with zero attached hydrogens (tertiary/aromatic N) is 3. The SMILES string of the molecule is O=c1ccc2ccccc2n1Cc1nc2ccccc2n1CCCCF. The van der Waals surface area contributed by atoms with E-state index in [1.807, 2.05) is 54.6 Å². The van der Waals surface area contributed by atoms with Crippen LogP contribution >= 0.6 is 0 Å². The van der Waals surface area contributed by atoms with Crippen LogP contribution in [0, 0.1) is 0 Å². The van der Waals surface area contributed by atoms with Gasteiger partial charge in [0.05, 0.1) is 29.8 Å². The number of aromatic nitrogens is 3. The number of hydrogen-bond acceptors (Lipinski definition) is 2. The first kappa shape index (κ1) is 16.5. The second kappa shape index (κ2) is 7.12. The minimum Gasteiger partial charge on any atom is -0.326 e. The van der Waals surface area contributed by atoms with Gasteiger partial charge in [-0.25, -0.2) is 4.98 Å². The van der Waals surface area contributed by atoms with Crippen LogP contribution in [0.2, 0.25) is 0 Å². The van der Waals surface area contributed by atoms with Gasteiger partial charge in [0.1, 0.15) is 5.82 Å². The minimum atomic E-state index is -0.315. The number of benzene rings is 2. The number of para-hydroxylation sites is 3. The van der Waals surface area contributed by atoms with E-state index >= 15 is 0 Å². The average molecular weight is 349 g/mol. The monoisotopic (exact) mass is 349 g/mol. The van der Waals surface area contributed by atoms with E-state index in [4.69, 9.17) is 4.98 Å². The molecule has 2 aromatic carbocycles. The van der Waals surface area contributed by atoms with Crippen molar-refractivity contribution in [1.82, 2.24) is 14.1 Å². The molecule has 0 aliphatic carbocycles. The average Bonchev–Trinajstić information content (AvgIpc) is 3.02. The molecule has 2 heterocycles. The van der Waals surface area contributed by atoms with Gasteiger partial charge >= 0.3 is 0 Å². The van der Waals surface area contributed by atoms with Crippen molar-refractivity contribution >= 4 is 21.9 Å². The molecule has 0 amide bonds. The number of rotatable bonds is 6. The van der Waals surface area contributed by atoms with Gasteiger partial charge < -0.3 is 9.13 Å². The molecule has 4 aromatic rings. The fourth-order valence-electron chi connectivity index (χ4n) is 3.41. The lowest BCUT2D eigenvalue weighted by atomic mass is 10.2.